The van der Waals surface area contributed by atoms with Gasteiger partial charge in [-0.15, -0.1) is 5.10 Å². The third kappa shape index (κ3) is 4.38. The smallest absolute Gasteiger partial charge is 0.294 e. The van der Waals surface area contributed by atoms with Crippen molar-refractivity contribution in [2.75, 3.05) is 5.73 Å². The highest BCUT2D eigenvalue weighted by Gasteiger charge is 2.26. The third-order valence-electron chi connectivity index (χ3n) is 4.27. The quantitative estimate of drug-likeness (QED) is 0.194. The zero-order chi connectivity index (χ0) is 23.5. The molecule has 0 aliphatic heterocycles. The summed E-state index contributed by atoms with van der Waals surface area (Å²) >= 11 is 3.27. The van der Waals surface area contributed by atoms with E-state index in [9.17, 15) is 20.0 Å². The minimum atomic E-state index is -0.788. The van der Waals surface area contributed by atoms with Crippen LogP contribution in [-0.4, -0.2) is 47.5 Å². The fraction of sp³-hybridized carbons (Fsp3) is 0. The fourth-order valence-electron chi connectivity index (χ4n) is 2.79. The molecule has 0 spiro atoms. The number of nitrogens with two attached hydrogens (primary N) is 1. The van der Waals surface area contributed by atoms with Crippen LogP contribution in [0.25, 0.3) is 17.1 Å². The van der Waals surface area contributed by atoms with Gasteiger partial charge in [0.25, 0.3) is 11.6 Å². The van der Waals surface area contributed by atoms with Gasteiger partial charge in [-0.1, -0.05) is 33.3 Å². The highest BCUT2D eigenvalue weighted by Crippen LogP contribution is 2.29. The molecule has 0 bridgehead atoms. The first-order valence-electron chi connectivity index (χ1n) is 8.96. The lowest BCUT2D eigenvalue weighted by atomic mass is 10.1. The Morgan fingerprint density at radius 1 is 1.30 bits per heavy atom. The van der Waals surface area contributed by atoms with Crippen LogP contribution in [0.4, 0.5) is 11.5 Å². The van der Waals surface area contributed by atoms with Gasteiger partial charge in [0.1, 0.15) is 11.4 Å². The van der Waals surface area contributed by atoms with E-state index in [2.05, 4.69) is 51.7 Å². The van der Waals surface area contributed by atoms with Crippen LogP contribution in [0.1, 0.15) is 16.1 Å². The maximum Gasteiger partial charge on any atom is 0.294 e. The van der Waals surface area contributed by atoms with E-state index < -0.39 is 10.8 Å². The Morgan fingerprint density at radius 2 is 2.12 bits per heavy atom. The molecule has 33 heavy (non-hydrogen) atoms. The van der Waals surface area contributed by atoms with Crippen molar-refractivity contribution >= 4 is 39.6 Å². The molecule has 4 rings (SSSR count). The number of halogens is 1. The van der Waals surface area contributed by atoms with Gasteiger partial charge in [0.05, 0.1) is 11.1 Å². The number of hydrazone groups is 1. The van der Waals surface area contributed by atoms with E-state index in [1.165, 1.54) is 36.5 Å². The lowest BCUT2D eigenvalue weighted by Gasteiger charge is -2.06. The number of nitro benzene ring substituents is 1. The fourth-order valence-corrected chi connectivity index (χ4v) is 3.17. The first kappa shape index (κ1) is 21.6. The van der Waals surface area contributed by atoms with Crippen LogP contribution in [0, 0.1) is 10.1 Å². The second kappa shape index (κ2) is 8.83. The highest BCUT2D eigenvalue weighted by molar-refractivity contribution is 9.10. The second-order valence-corrected chi connectivity index (χ2v) is 7.30. The van der Waals surface area contributed by atoms with E-state index in [1.54, 1.807) is 12.1 Å². The average Bonchev–Trinajstić information content (AvgIpc) is 3.42. The number of carbonyl (C=O) groups excluding carboxylic acids is 1. The predicted molar refractivity (Wildman–Crippen MR) is 117 cm³/mol. The van der Waals surface area contributed by atoms with Crippen molar-refractivity contribution < 1.29 is 19.5 Å². The van der Waals surface area contributed by atoms with Crippen LogP contribution in [0.5, 0.6) is 5.75 Å². The van der Waals surface area contributed by atoms with E-state index in [0.717, 1.165) is 4.68 Å². The molecule has 2 heterocycles. The van der Waals surface area contributed by atoms with Gasteiger partial charge < -0.3 is 10.8 Å². The Labute approximate surface area is 191 Å². The van der Waals surface area contributed by atoms with E-state index in [1.807, 2.05) is 0 Å². The standard InChI is InChI=1S/C18H12BrN9O5/c19-11-4-5-13(29)10(6-11)8-21-23-18(30)14-15(9-2-1-3-12(7-9)28(31)32)27(26-22-14)17-16(20)24-33-25-17/h1-8,29H,(H2,20,24)(H,23,30)/b21-8-. The number of hydrogen-bond acceptors (Lipinski definition) is 11. The SMILES string of the molecule is Nc1nonc1-n1nnc(C(=O)N/N=C\c2cc(Br)ccc2O)c1-c1cccc([N+](=O)[O-])c1. The van der Waals surface area contributed by atoms with E-state index in [4.69, 9.17) is 5.73 Å². The molecule has 0 fully saturated rings. The van der Waals surface area contributed by atoms with Crippen LogP contribution < -0.4 is 11.2 Å². The highest BCUT2D eigenvalue weighted by atomic mass is 79.9. The Balaban J connectivity index is 1.73. The normalized spacial score (nSPS) is 11.1. The Bertz CT molecular complexity index is 1400. The summed E-state index contributed by atoms with van der Waals surface area (Å²) in [6.45, 7) is 0. The Hall–Kier alpha value is -4.66. The van der Waals surface area contributed by atoms with Crippen molar-refractivity contribution in [3.63, 3.8) is 0 Å². The molecule has 15 heteroatoms. The number of phenolic OH excluding ortho intramolecular Hbond substituents is 1. The molecule has 4 N–H and O–H groups in total. The summed E-state index contributed by atoms with van der Waals surface area (Å²) in [7, 11) is 0. The number of phenols is 1. The van der Waals surface area contributed by atoms with Gasteiger partial charge in [0.15, 0.2) is 5.69 Å². The molecular weight excluding hydrogens is 502 g/mol. The number of hydrogen-bond donors (Lipinski definition) is 3. The van der Waals surface area contributed by atoms with Gasteiger partial charge in [0.2, 0.25) is 11.6 Å². The van der Waals surface area contributed by atoms with Gasteiger partial charge in [-0.05, 0) is 28.5 Å². The minimum Gasteiger partial charge on any atom is -0.507 e. The summed E-state index contributed by atoms with van der Waals surface area (Å²) < 4.78 is 6.35. The molecule has 0 saturated carbocycles. The van der Waals surface area contributed by atoms with Crippen molar-refractivity contribution in [1.29, 1.82) is 0 Å². The topological polar surface area (TPSA) is 200 Å². The number of aromatic hydroxyl groups is 1. The number of nitrogen functional groups attached to an aromatic ring is 1. The van der Waals surface area contributed by atoms with Gasteiger partial charge in [0, 0.05) is 27.7 Å². The first-order valence-corrected chi connectivity index (χ1v) is 9.75. The number of rotatable bonds is 6. The average molecular weight is 514 g/mol. The van der Waals surface area contributed by atoms with Crippen molar-refractivity contribution in [1.82, 2.24) is 30.7 Å². The number of nitrogens with zero attached hydrogens (tertiary/aromatic N) is 7. The number of nitrogens with one attached hydrogen (secondary N) is 1. The number of carbonyl (C=O) groups is 1. The molecule has 0 radical (unpaired) electrons. The van der Waals surface area contributed by atoms with Crippen molar-refractivity contribution in [3.05, 3.63) is 68.3 Å². The molecule has 2 aromatic heterocycles. The molecule has 0 saturated heterocycles. The number of non-ortho nitro benzene ring substituents is 1. The molecule has 4 aromatic rings. The molecule has 0 aliphatic carbocycles. The second-order valence-electron chi connectivity index (χ2n) is 6.38. The summed E-state index contributed by atoms with van der Waals surface area (Å²) in [6.07, 6.45) is 1.23. The Kier molecular flexibility index (Phi) is 5.77. The minimum absolute atomic E-state index is 0.0408. The first-order chi connectivity index (χ1) is 15.8. The molecule has 14 nitrogen and oxygen atoms in total. The van der Waals surface area contributed by atoms with E-state index in [-0.39, 0.29) is 40.0 Å². The van der Waals surface area contributed by atoms with Crippen LogP contribution in [0.2, 0.25) is 0 Å². The van der Waals surface area contributed by atoms with Crippen LogP contribution >= 0.6 is 15.9 Å². The Morgan fingerprint density at radius 3 is 2.85 bits per heavy atom. The van der Waals surface area contributed by atoms with Crippen LogP contribution in [0.15, 0.2) is 56.7 Å². The summed E-state index contributed by atoms with van der Waals surface area (Å²) in [5.74, 6) is -1.04. The number of benzene rings is 2. The van der Waals surface area contributed by atoms with Gasteiger partial charge in [-0.2, -0.15) is 9.78 Å². The summed E-state index contributed by atoms with van der Waals surface area (Å²) in [6, 6.07) is 10.2. The summed E-state index contributed by atoms with van der Waals surface area (Å²) in [5, 5.41) is 39.8. The number of anilines is 1. The lowest BCUT2D eigenvalue weighted by molar-refractivity contribution is -0.384. The number of nitro groups is 1. The van der Waals surface area contributed by atoms with E-state index in [0.29, 0.717) is 10.0 Å². The molecule has 0 unspecified atom stereocenters. The number of aromatic nitrogens is 5. The maximum absolute atomic E-state index is 12.8. The van der Waals surface area contributed by atoms with Crippen molar-refractivity contribution in [3.8, 4) is 22.8 Å². The van der Waals surface area contributed by atoms with Gasteiger partial charge >= 0.3 is 0 Å². The van der Waals surface area contributed by atoms with Crippen molar-refractivity contribution in [2.45, 2.75) is 0 Å². The summed E-state index contributed by atoms with van der Waals surface area (Å²) in [4.78, 5) is 23.5. The predicted octanol–water partition coefficient (Wildman–Crippen LogP) is 2.04. The third-order valence-corrected chi connectivity index (χ3v) is 4.76. The van der Waals surface area contributed by atoms with Crippen LogP contribution in [0.3, 0.4) is 0 Å². The molecule has 166 valence electrons. The zero-order valence-electron chi connectivity index (χ0n) is 16.3. The molecule has 1 amide bonds. The van der Waals surface area contributed by atoms with Crippen molar-refractivity contribution in [2.24, 2.45) is 5.10 Å². The number of amides is 1. The van der Waals surface area contributed by atoms with Gasteiger partial charge in [-0.25, -0.2) is 10.1 Å². The van der Waals surface area contributed by atoms with Gasteiger partial charge in [-0.3, -0.25) is 14.9 Å². The molecule has 0 aliphatic rings. The monoisotopic (exact) mass is 513 g/mol. The molecule has 2 aromatic carbocycles. The molecular formula is C18H12BrN9O5. The van der Waals surface area contributed by atoms with Crippen LogP contribution in [-0.2, 0) is 0 Å². The molecule has 0 atom stereocenters. The maximum atomic E-state index is 12.8. The summed E-state index contributed by atoms with van der Waals surface area (Å²) in [5.41, 5.74) is 8.18. The zero-order valence-corrected chi connectivity index (χ0v) is 17.9. The van der Waals surface area contributed by atoms with E-state index >= 15 is 0 Å². The lowest BCUT2D eigenvalue weighted by Crippen LogP contribution is -2.19. The largest absolute Gasteiger partial charge is 0.507 e.